The van der Waals surface area contributed by atoms with E-state index in [1.54, 1.807) is 10.6 Å². The number of nitrogens with zero attached hydrogens (tertiary/aromatic N) is 3. The van der Waals surface area contributed by atoms with Gasteiger partial charge in [0.2, 0.25) is 0 Å². The van der Waals surface area contributed by atoms with Gasteiger partial charge in [0.1, 0.15) is 16.8 Å². The summed E-state index contributed by atoms with van der Waals surface area (Å²) in [4.78, 5) is 29.0. The number of halogens is 1. The van der Waals surface area contributed by atoms with Crippen molar-refractivity contribution in [1.29, 1.82) is 0 Å². The average molecular weight is 361 g/mol. The number of hydrogen-bond acceptors (Lipinski definition) is 5. The molecule has 1 aromatic carbocycles. The van der Waals surface area contributed by atoms with Crippen molar-refractivity contribution in [3.8, 4) is 0 Å². The standard InChI is InChI=1S/C16H12FN3O2S2/c1-2-7-20-14-13(24-16(20)23)15(22)19(9-18-14)8-12(21)10-3-5-11(17)6-4-10/h2-6,9H,1,7-8H2. The van der Waals surface area contributed by atoms with Crippen LogP contribution in [-0.2, 0) is 13.1 Å². The van der Waals surface area contributed by atoms with Crippen molar-refractivity contribution in [2.45, 2.75) is 13.1 Å². The van der Waals surface area contributed by atoms with Gasteiger partial charge in [-0.2, -0.15) is 0 Å². The number of fused-ring (bicyclic) bond motifs is 1. The molecule has 0 aliphatic carbocycles. The fourth-order valence-electron chi connectivity index (χ4n) is 2.26. The van der Waals surface area contributed by atoms with E-state index in [4.69, 9.17) is 12.2 Å². The molecule has 3 aromatic rings. The molecule has 0 saturated heterocycles. The largest absolute Gasteiger partial charge is 0.304 e. The van der Waals surface area contributed by atoms with Crippen LogP contribution >= 0.6 is 23.6 Å². The van der Waals surface area contributed by atoms with Crippen molar-refractivity contribution in [2.24, 2.45) is 0 Å². The topological polar surface area (TPSA) is 56.9 Å². The van der Waals surface area contributed by atoms with Gasteiger partial charge in [-0.1, -0.05) is 17.4 Å². The fourth-order valence-corrected chi connectivity index (χ4v) is 3.57. The lowest BCUT2D eigenvalue weighted by molar-refractivity contribution is 0.0970. The van der Waals surface area contributed by atoms with Crippen LogP contribution < -0.4 is 5.56 Å². The summed E-state index contributed by atoms with van der Waals surface area (Å²) in [6, 6.07) is 5.19. The average Bonchev–Trinajstić information content (AvgIpc) is 2.88. The molecule has 0 aliphatic heterocycles. The molecule has 0 fully saturated rings. The third-order valence-corrected chi connectivity index (χ3v) is 4.86. The Morgan fingerprint density at radius 2 is 2.08 bits per heavy atom. The Labute approximate surface area is 145 Å². The third-order valence-electron chi connectivity index (χ3n) is 3.43. The number of Topliss-reactive ketones (excluding diaryl/α,β-unsaturated/α-hetero) is 1. The summed E-state index contributed by atoms with van der Waals surface area (Å²) in [5.74, 6) is -0.720. The number of thiazole rings is 1. The van der Waals surface area contributed by atoms with Crippen LogP contribution in [0.4, 0.5) is 4.39 Å². The van der Waals surface area contributed by atoms with E-state index < -0.39 is 5.82 Å². The molecular weight excluding hydrogens is 349 g/mol. The molecule has 24 heavy (non-hydrogen) atoms. The van der Waals surface area contributed by atoms with E-state index in [-0.39, 0.29) is 17.9 Å². The van der Waals surface area contributed by atoms with Gasteiger partial charge in [0.15, 0.2) is 15.4 Å². The number of carbonyl (C=O) groups is 1. The number of carbonyl (C=O) groups excluding carboxylic acids is 1. The molecule has 0 aliphatic rings. The van der Waals surface area contributed by atoms with Crippen LogP contribution in [0, 0.1) is 9.77 Å². The molecule has 0 saturated carbocycles. The van der Waals surface area contributed by atoms with Crippen molar-refractivity contribution >= 4 is 39.7 Å². The van der Waals surface area contributed by atoms with Crippen LogP contribution in [0.15, 0.2) is 48.0 Å². The molecule has 0 amide bonds. The molecule has 0 N–H and O–H groups in total. The highest BCUT2D eigenvalue weighted by atomic mass is 32.1. The van der Waals surface area contributed by atoms with Crippen molar-refractivity contribution in [3.63, 3.8) is 0 Å². The minimum absolute atomic E-state index is 0.167. The summed E-state index contributed by atoms with van der Waals surface area (Å²) in [6.07, 6.45) is 3.00. The van der Waals surface area contributed by atoms with E-state index >= 15 is 0 Å². The van der Waals surface area contributed by atoms with Gasteiger partial charge in [-0.3, -0.25) is 14.2 Å². The van der Waals surface area contributed by atoms with Crippen LogP contribution in [-0.4, -0.2) is 19.9 Å². The quantitative estimate of drug-likeness (QED) is 0.398. The Morgan fingerprint density at radius 1 is 1.38 bits per heavy atom. The normalized spacial score (nSPS) is 10.9. The van der Waals surface area contributed by atoms with Crippen LogP contribution in [0.3, 0.4) is 0 Å². The molecule has 0 spiro atoms. The second-order valence-electron chi connectivity index (χ2n) is 5.03. The molecule has 0 unspecified atom stereocenters. The molecule has 3 rings (SSSR count). The van der Waals surface area contributed by atoms with Crippen LogP contribution in [0.5, 0.6) is 0 Å². The van der Waals surface area contributed by atoms with Crippen LogP contribution in [0.1, 0.15) is 10.4 Å². The number of ketones is 1. The lowest BCUT2D eigenvalue weighted by Gasteiger charge is -2.05. The Morgan fingerprint density at radius 3 is 2.75 bits per heavy atom. The Hall–Kier alpha value is -2.45. The van der Waals surface area contributed by atoms with Gasteiger partial charge in [0.25, 0.3) is 5.56 Å². The highest BCUT2D eigenvalue weighted by molar-refractivity contribution is 7.73. The molecule has 0 bridgehead atoms. The molecule has 0 radical (unpaired) electrons. The monoisotopic (exact) mass is 361 g/mol. The minimum atomic E-state index is -0.421. The van der Waals surface area contributed by atoms with Crippen molar-refractivity contribution in [1.82, 2.24) is 14.1 Å². The molecular formula is C16H12FN3O2S2. The van der Waals surface area contributed by atoms with Gasteiger partial charge in [0.05, 0.1) is 6.54 Å². The zero-order chi connectivity index (χ0) is 17.3. The van der Waals surface area contributed by atoms with E-state index in [2.05, 4.69) is 11.6 Å². The Bertz CT molecular complexity index is 1050. The summed E-state index contributed by atoms with van der Waals surface area (Å²) in [5, 5.41) is 0. The fraction of sp³-hybridized carbons (Fsp3) is 0.125. The Balaban J connectivity index is 1.99. The van der Waals surface area contributed by atoms with Gasteiger partial charge < -0.3 is 4.57 Å². The second-order valence-corrected chi connectivity index (χ2v) is 6.67. The first-order valence-electron chi connectivity index (χ1n) is 6.99. The van der Waals surface area contributed by atoms with E-state index in [1.807, 2.05) is 0 Å². The molecule has 0 atom stereocenters. The van der Waals surface area contributed by atoms with Gasteiger partial charge in [-0.15, -0.1) is 6.58 Å². The first kappa shape index (κ1) is 16.4. The first-order chi connectivity index (χ1) is 11.5. The van der Waals surface area contributed by atoms with Crippen molar-refractivity contribution in [2.75, 3.05) is 0 Å². The number of hydrogen-bond donors (Lipinski definition) is 0. The van der Waals surface area contributed by atoms with Crippen LogP contribution in [0.2, 0.25) is 0 Å². The lowest BCUT2D eigenvalue weighted by atomic mass is 10.1. The van der Waals surface area contributed by atoms with Gasteiger partial charge >= 0.3 is 0 Å². The molecule has 2 aromatic heterocycles. The van der Waals surface area contributed by atoms with E-state index in [1.165, 1.54) is 35.2 Å². The number of benzene rings is 1. The predicted octanol–water partition coefficient (Wildman–Crippen LogP) is 3.20. The SMILES string of the molecule is C=CCn1c(=S)sc2c(=O)n(CC(=O)c3ccc(F)cc3)cnc21. The van der Waals surface area contributed by atoms with Gasteiger partial charge in [0, 0.05) is 12.1 Å². The maximum Gasteiger partial charge on any atom is 0.273 e. The summed E-state index contributed by atoms with van der Waals surface area (Å²) in [5.41, 5.74) is 0.495. The second kappa shape index (κ2) is 6.58. The van der Waals surface area contributed by atoms with E-state index in [0.717, 1.165) is 11.3 Å². The van der Waals surface area contributed by atoms with Crippen molar-refractivity contribution < 1.29 is 9.18 Å². The summed E-state index contributed by atoms with van der Waals surface area (Å²) >= 11 is 6.40. The summed E-state index contributed by atoms with van der Waals surface area (Å²) in [6.45, 7) is 3.95. The van der Waals surface area contributed by atoms with Crippen molar-refractivity contribution in [3.05, 3.63) is 68.9 Å². The number of rotatable bonds is 5. The lowest BCUT2D eigenvalue weighted by Crippen LogP contribution is -2.24. The van der Waals surface area contributed by atoms with Gasteiger partial charge in [-0.05, 0) is 36.5 Å². The highest BCUT2D eigenvalue weighted by Crippen LogP contribution is 2.17. The minimum Gasteiger partial charge on any atom is -0.304 e. The maximum absolute atomic E-state index is 12.9. The predicted molar refractivity (Wildman–Crippen MR) is 93.6 cm³/mol. The molecule has 5 nitrogen and oxygen atoms in total. The van der Waals surface area contributed by atoms with E-state index in [0.29, 0.717) is 26.4 Å². The number of allylic oxidation sites excluding steroid dienone is 1. The molecule has 122 valence electrons. The van der Waals surface area contributed by atoms with Gasteiger partial charge in [-0.25, -0.2) is 9.37 Å². The summed E-state index contributed by atoms with van der Waals surface area (Å²) < 4.78 is 16.8. The summed E-state index contributed by atoms with van der Waals surface area (Å²) in [7, 11) is 0. The molecule has 2 heterocycles. The van der Waals surface area contributed by atoms with E-state index in [9.17, 15) is 14.0 Å². The van der Waals surface area contributed by atoms with Crippen LogP contribution in [0.25, 0.3) is 10.3 Å². The first-order valence-corrected chi connectivity index (χ1v) is 8.22. The molecule has 8 heteroatoms. The maximum atomic E-state index is 12.9. The zero-order valence-electron chi connectivity index (χ0n) is 12.4. The zero-order valence-corrected chi connectivity index (χ0v) is 14.1. The third kappa shape index (κ3) is 2.98. The Kier molecular flexibility index (Phi) is 4.50. The number of aromatic nitrogens is 3. The highest BCUT2D eigenvalue weighted by Gasteiger charge is 2.14. The smallest absolute Gasteiger partial charge is 0.273 e.